The average molecular weight is 196 g/mol. The van der Waals surface area contributed by atoms with Crippen molar-refractivity contribution in [1.82, 2.24) is 0 Å². The van der Waals surface area contributed by atoms with Gasteiger partial charge in [-0.15, -0.1) is 11.6 Å². The Morgan fingerprint density at radius 1 is 1.50 bits per heavy atom. The summed E-state index contributed by atoms with van der Waals surface area (Å²) >= 11 is 5.54. The maximum absolute atomic E-state index is 5.59. The van der Waals surface area contributed by atoms with Crippen LogP contribution in [0.5, 0.6) is 0 Å². The van der Waals surface area contributed by atoms with Gasteiger partial charge in [0.2, 0.25) is 0 Å². The molecule has 0 bridgehead atoms. The van der Waals surface area contributed by atoms with E-state index in [0.717, 1.165) is 18.3 Å². The van der Waals surface area contributed by atoms with E-state index in [-0.39, 0.29) is 0 Å². The van der Waals surface area contributed by atoms with E-state index in [1.165, 1.54) is 0 Å². The molecule has 5 heteroatoms. The number of rotatable bonds is 3. The first-order valence-corrected chi connectivity index (χ1v) is 8.31. The van der Waals surface area contributed by atoms with Gasteiger partial charge in [0.05, 0.1) is 0 Å². The third kappa shape index (κ3) is 2.06. The summed E-state index contributed by atoms with van der Waals surface area (Å²) in [6.45, 7) is 4.14. The van der Waals surface area contributed by atoms with Crippen molar-refractivity contribution in [3.8, 4) is 0 Å². The first kappa shape index (κ1) is 8.74. The highest BCUT2D eigenvalue weighted by molar-refractivity contribution is 6.84. The van der Waals surface area contributed by atoms with Crippen molar-refractivity contribution in [2.45, 2.75) is 25.6 Å². The largest absolute Gasteiger partial charge is 0.415 e. The van der Waals surface area contributed by atoms with Crippen LogP contribution < -0.4 is 0 Å². The average Bonchev–Trinajstić information content (AvgIpc) is 1.81. The van der Waals surface area contributed by atoms with Crippen LogP contribution in [0.4, 0.5) is 0 Å². The predicted octanol–water partition coefficient (Wildman–Crippen LogP) is 1.85. The lowest BCUT2D eigenvalue weighted by Crippen LogP contribution is -2.57. The SMILES string of the molecule is C[Si]1O[Si](C)(CCCCl)O1. The minimum absolute atomic E-state index is 0.723. The maximum Gasteiger partial charge on any atom is 0.362 e. The van der Waals surface area contributed by atoms with Gasteiger partial charge in [-0.1, -0.05) is 0 Å². The summed E-state index contributed by atoms with van der Waals surface area (Å²) in [6.07, 6.45) is 1.03. The van der Waals surface area contributed by atoms with E-state index in [1.54, 1.807) is 0 Å². The van der Waals surface area contributed by atoms with Crippen molar-refractivity contribution in [3.63, 3.8) is 0 Å². The number of halogens is 1. The van der Waals surface area contributed by atoms with Crippen LogP contribution in [-0.4, -0.2) is 23.7 Å². The first-order chi connectivity index (χ1) is 4.66. The van der Waals surface area contributed by atoms with Crippen LogP contribution in [0.15, 0.2) is 0 Å². The molecule has 1 aliphatic rings. The number of hydrogen-bond donors (Lipinski definition) is 0. The maximum atomic E-state index is 5.59. The number of hydrogen-bond acceptors (Lipinski definition) is 2. The highest BCUT2D eigenvalue weighted by atomic mass is 35.5. The molecule has 0 aromatic heterocycles. The molecule has 0 unspecified atom stereocenters. The molecule has 0 aromatic carbocycles. The second-order valence-electron chi connectivity index (χ2n) is 2.62. The van der Waals surface area contributed by atoms with Crippen LogP contribution >= 0.6 is 11.6 Å². The second-order valence-corrected chi connectivity index (χ2v) is 8.38. The zero-order valence-corrected chi connectivity index (χ0v) is 9.07. The summed E-state index contributed by atoms with van der Waals surface area (Å²) in [4.78, 5) is 0. The Morgan fingerprint density at radius 2 is 2.10 bits per heavy atom. The highest BCUT2D eigenvalue weighted by Gasteiger charge is 2.44. The molecule has 1 aliphatic heterocycles. The van der Waals surface area contributed by atoms with E-state index >= 15 is 0 Å². The van der Waals surface area contributed by atoms with Crippen LogP contribution in [-0.2, 0) is 8.23 Å². The fourth-order valence-electron chi connectivity index (χ4n) is 1.11. The summed E-state index contributed by atoms with van der Waals surface area (Å²) < 4.78 is 11.2. The Bertz CT molecular complexity index is 116. The van der Waals surface area contributed by atoms with Gasteiger partial charge in [0.15, 0.2) is 0 Å². The molecule has 1 radical (unpaired) electrons. The fourth-order valence-corrected chi connectivity index (χ4v) is 8.02. The third-order valence-corrected chi connectivity index (χ3v) is 8.77. The second kappa shape index (κ2) is 3.36. The molecule has 0 aromatic rings. The Kier molecular flexibility index (Phi) is 2.94. The van der Waals surface area contributed by atoms with Crippen LogP contribution in [0.2, 0.25) is 19.1 Å². The molecule has 1 rings (SSSR count). The molecule has 10 heavy (non-hydrogen) atoms. The molecule has 0 N–H and O–H groups in total. The van der Waals surface area contributed by atoms with E-state index in [4.69, 9.17) is 19.8 Å². The monoisotopic (exact) mass is 195 g/mol. The van der Waals surface area contributed by atoms with E-state index < -0.39 is 17.8 Å². The van der Waals surface area contributed by atoms with Gasteiger partial charge >= 0.3 is 17.8 Å². The van der Waals surface area contributed by atoms with Crippen molar-refractivity contribution in [2.75, 3.05) is 5.88 Å². The lowest BCUT2D eigenvalue weighted by Gasteiger charge is -2.40. The smallest absolute Gasteiger partial charge is 0.362 e. The van der Waals surface area contributed by atoms with Gasteiger partial charge in [0.25, 0.3) is 0 Å². The van der Waals surface area contributed by atoms with Gasteiger partial charge in [-0.25, -0.2) is 0 Å². The molecule has 1 saturated heterocycles. The summed E-state index contributed by atoms with van der Waals surface area (Å²) in [5, 5.41) is 0. The normalized spacial score (nSPS) is 24.3. The Hall–Kier alpha value is 0.644. The van der Waals surface area contributed by atoms with Crippen molar-refractivity contribution in [1.29, 1.82) is 0 Å². The zero-order valence-electron chi connectivity index (χ0n) is 6.32. The Morgan fingerprint density at radius 3 is 2.50 bits per heavy atom. The predicted molar refractivity (Wildman–Crippen MR) is 45.6 cm³/mol. The van der Waals surface area contributed by atoms with E-state index in [9.17, 15) is 0 Å². The molecular weight excluding hydrogens is 184 g/mol. The quantitative estimate of drug-likeness (QED) is 0.506. The van der Waals surface area contributed by atoms with Crippen molar-refractivity contribution < 1.29 is 8.23 Å². The third-order valence-electron chi connectivity index (χ3n) is 1.48. The molecule has 1 fully saturated rings. The van der Waals surface area contributed by atoms with Crippen LogP contribution in [0.25, 0.3) is 0 Å². The van der Waals surface area contributed by atoms with E-state index in [0.29, 0.717) is 0 Å². The molecule has 2 nitrogen and oxygen atoms in total. The van der Waals surface area contributed by atoms with Gasteiger partial charge in [0, 0.05) is 5.88 Å². The van der Waals surface area contributed by atoms with Crippen molar-refractivity contribution >= 4 is 29.4 Å². The molecular formula is C5H12ClO2Si2. The molecule has 1 heterocycles. The van der Waals surface area contributed by atoms with Gasteiger partial charge in [-0.05, 0) is 25.6 Å². The van der Waals surface area contributed by atoms with Gasteiger partial charge < -0.3 is 8.23 Å². The van der Waals surface area contributed by atoms with Gasteiger partial charge in [-0.3, -0.25) is 0 Å². The molecule has 59 valence electrons. The molecule has 0 aliphatic carbocycles. The van der Waals surface area contributed by atoms with Crippen molar-refractivity contribution in [2.24, 2.45) is 0 Å². The summed E-state index contributed by atoms with van der Waals surface area (Å²) in [5.41, 5.74) is 0. The van der Waals surface area contributed by atoms with Crippen LogP contribution in [0, 0.1) is 0 Å². The lowest BCUT2D eigenvalue weighted by atomic mass is 10.6. The Balaban J connectivity index is 2.15. The molecule has 0 saturated carbocycles. The summed E-state index contributed by atoms with van der Waals surface area (Å²) in [6, 6.07) is 1.05. The molecule has 0 amide bonds. The standard InChI is InChI=1S/C5H12ClO2Si2/c1-9-7-10(2,8-9)5-3-4-6/h3-5H2,1-2H3. The lowest BCUT2D eigenvalue weighted by molar-refractivity contribution is 0.255. The summed E-state index contributed by atoms with van der Waals surface area (Å²) in [7, 11) is -2.43. The highest BCUT2D eigenvalue weighted by Crippen LogP contribution is 2.26. The van der Waals surface area contributed by atoms with Crippen LogP contribution in [0.1, 0.15) is 6.42 Å². The Labute approximate surface area is 69.6 Å². The first-order valence-electron chi connectivity index (χ1n) is 3.44. The summed E-state index contributed by atoms with van der Waals surface area (Å²) in [5.74, 6) is 0.723. The molecule has 0 spiro atoms. The van der Waals surface area contributed by atoms with Crippen LogP contribution in [0.3, 0.4) is 0 Å². The minimum Gasteiger partial charge on any atom is -0.415 e. The topological polar surface area (TPSA) is 18.5 Å². The van der Waals surface area contributed by atoms with E-state index in [2.05, 4.69) is 6.55 Å². The molecule has 0 atom stereocenters. The van der Waals surface area contributed by atoms with Crippen molar-refractivity contribution in [3.05, 3.63) is 0 Å². The van der Waals surface area contributed by atoms with E-state index in [1.807, 2.05) is 6.55 Å². The number of alkyl halides is 1. The fraction of sp³-hybridized carbons (Fsp3) is 1.00. The zero-order chi connectivity index (χ0) is 7.61. The van der Waals surface area contributed by atoms with Gasteiger partial charge in [-0.2, -0.15) is 0 Å². The minimum atomic E-state index is -1.62. The van der Waals surface area contributed by atoms with Gasteiger partial charge in [0.1, 0.15) is 0 Å².